The average molecular weight is 316 g/mol. The van der Waals surface area contributed by atoms with Gasteiger partial charge in [-0.05, 0) is 41.1 Å². The number of benzene rings is 2. The van der Waals surface area contributed by atoms with Crippen molar-refractivity contribution in [3.05, 3.63) is 41.5 Å². The number of carbonyl (C=O) groups is 2. The number of rotatable bonds is 4. The summed E-state index contributed by atoms with van der Waals surface area (Å²) in [5, 5.41) is 0.854. The number of carbonyl (C=O) groups excluding carboxylic acids is 2. The van der Waals surface area contributed by atoms with E-state index in [9.17, 15) is 18.4 Å². The molecule has 0 fully saturated rings. The van der Waals surface area contributed by atoms with E-state index in [1.807, 2.05) is 6.92 Å². The summed E-state index contributed by atoms with van der Waals surface area (Å²) in [5.41, 5.74) is 0.769. The van der Waals surface area contributed by atoms with E-state index in [1.165, 1.54) is 17.0 Å². The molecule has 0 N–H and O–H groups in total. The van der Waals surface area contributed by atoms with Crippen molar-refractivity contribution < 1.29 is 18.4 Å². The van der Waals surface area contributed by atoms with Crippen molar-refractivity contribution in [2.75, 3.05) is 6.54 Å². The smallest absolute Gasteiger partial charge is 0.261 e. The van der Waals surface area contributed by atoms with Gasteiger partial charge in [0.2, 0.25) is 0 Å². The van der Waals surface area contributed by atoms with Gasteiger partial charge in [0.25, 0.3) is 11.8 Å². The molecule has 1 unspecified atom stereocenters. The van der Waals surface area contributed by atoms with Gasteiger partial charge in [-0.1, -0.05) is 25.5 Å². The van der Waals surface area contributed by atoms with Gasteiger partial charge < -0.3 is 4.55 Å². The van der Waals surface area contributed by atoms with E-state index in [-0.39, 0.29) is 16.7 Å². The predicted octanol–water partition coefficient (Wildman–Crippen LogP) is 2.47. The Morgan fingerprint density at radius 3 is 2.41 bits per heavy atom. The molecule has 114 valence electrons. The molecule has 0 spiro atoms. The minimum atomic E-state index is -2.42. The van der Waals surface area contributed by atoms with Crippen LogP contribution in [0.15, 0.2) is 35.2 Å². The highest BCUT2D eigenvalue weighted by molar-refractivity contribution is 7.79. The Kier molecular flexibility index (Phi) is 3.80. The van der Waals surface area contributed by atoms with Gasteiger partial charge in [-0.3, -0.25) is 18.7 Å². The van der Waals surface area contributed by atoms with Crippen molar-refractivity contribution in [3.8, 4) is 0 Å². The van der Waals surface area contributed by atoms with Crippen molar-refractivity contribution in [2.24, 2.45) is 0 Å². The minimum absolute atomic E-state index is 0.100. The summed E-state index contributed by atoms with van der Waals surface area (Å²) in [6, 6.07) is 7.80. The molecular weight excluding hydrogens is 302 g/mol. The molecule has 1 atom stereocenters. The second-order valence-corrected chi connectivity index (χ2v) is 6.10. The van der Waals surface area contributed by atoms with Crippen molar-refractivity contribution in [1.29, 1.82) is 0 Å². The molecule has 0 saturated carbocycles. The highest BCUT2D eigenvalue weighted by Crippen LogP contribution is 2.33. The molecular formula is C16H14NO4S-. The van der Waals surface area contributed by atoms with Crippen LogP contribution in [0.5, 0.6) is 0 Å². The average Bonchev–Trinajstić information content (AvgIpc) is 2.51. The van der Waals surface area contributed by atoms with Gasteiger partial charge in [-0.2, -0.15) is 0 Å². The second-order valence-electron chi connectivity index (χ2n) is 5.19. The van der Waals surface area contributed by atoms with Crippen molar-refractivity contribution in [2.45, 2.75) is 24.7 Å². The lowest BCUT2D eigenvalue weighted by molar-refractivity contribution is 0.0608. The molecule has 0 radical (unpaired) electrons. The monoisotopic (exact) mass is 316 g/mol. The second kappa shape index (κ2) is 5.62. The Bertz CT molecular complexity index is 793. The lowest BCUT2D eigenvalue weighted by Gasteiger charge is -2.27. The fourth-order valence-electron chi connectivity index (χ4n) is 2.78. The van der Waals surface area contributed by atoms with Crippen LogP contribution in [0.4, 0.5) is 0 Å². The largest absolute Gasteiger partial charge is 0.768 e. The van der Waals surface area contributed by atoms with E-state index < -0.39 is 11.1 Å². The van der Waals surface area contributed by atoms with E-state index in [0.717, 1.165) is 12.8 Å². The van der Waals surface area contributed by atoms with Crippen molar-refractivity contribution >= 4 is 33.7 Å². The molecule has 2 aromatic carbocycles. The van der Waals surface area contributed by atoms with Gasteiger partial charge in [0.05, 0.1) is 0 Å². The first-order valence-corrected chi connectivity index (χ1v) is 8.15. The zero-order valence-corrected chi connectivity index (χ0v) is 12.8. The number of hydrogen-bond acceptors (Lipinski definition) is 4. The Balaban J connectivity index is 2.25. The maximum atomic E-state index is 12.6. The molecule has 0 saturated heterocycles. The van der Waals surface area contributed by atoms with Gasteiger partial charge in [0.15, 0.2) is 0 Å². The van der Waals surface area contributed by atoms with E-state index >= 15 is 0 Å². The third kappa shape index (κ3) is 2.15. The Morgan fingerprint density at radius 2 is 1.77 bits per heavy atom. The first-order chi connectivity index (χ1) is 10.6. The van der Waals surface area contributed by atoms with Crippen molar-refractivity contribution in [3.63, 3.8) is 0 Å². The standard InChI is InChI=1S/C16H15NO4S/c1-2-3-9-17-15(18)11-6-4-5-10-13(22(20)21)8-7-12(14(10)11)16(17)19/h4-8H,2-3,9H2,1H3,(H,20,21)/p-1. The number of imide groups is 1. The molecule has 0 bridgehead atoms. The third-order valence-electron chi connectivity index (χ3n) is 3.87. The van der Waals surface area contributed by atoms with Crippen LogP contribution in [0, 0.1) is 0 Å². The van der Waals surface area contributed by atoms with Gasteiger partial charge in [0, 0.05) is 28.0 Å². The SMILES string of the molecule is CCCCN1C(=O)c2cccc3c(S(=O)[O-])ccc(c23)C1=O. The van der Waals surface area contributed by atoms with Crippen LogP contribution in [-0.2, 0) is 11.1 Å². The van der Waals surface area contributed by atoms with Crippen LogP contribution in [0.2, 0.25) is 0 Å². The molecule has 5 nitrogen and oxygen atoms in total. The van der Waals surface area contributed by atoms with E-state index in [1.54, 1.807) is 18.2 Å². The third-order valence-corrected chi connectivity index (χ3v) is 4.58. The van der Waals surface area contributed by atoms with Crippen LogP contribution < -0.4 is 0 Å². The van der Waals surface area contributed by atoms with Gasteiger partial charge in [0.1, 0.15) is 0 Å². The summed E-state index contributed by atoms with van der Waals surface area (Å²) in [5.74, 6) is -0.712. The van der Waals surface area contributed by atoms with E-state index in [4.69, 9.17) is 0 Å². The summed E-state index contributed by atoms with van der Waals surface area (Å²) >= 11 is -2.42. The summed E-state index contributed by atoms with van der Waals surface area (Å²) < 4.78 is 22.7. The molecule has 2 amide bonds. The van der Waals surface area contributed by atoms with Crippen LogP contribution >= 0.6 is 0 Å². The summed E-state index contributed by atoms with van der Waals surface area (Å²) in [4.78, 5) is 26.4. The fourth-order valence-corrected chi connectivity index (χ4v) is 3.31. The van der Waals surface area contributed by atoms with Crippen LogP contribution in [0.3, 0.4) is 0 Å². The van der Waals surface area contributed by atoms with Gasteiger partial charge >= 0.3 is 0 Å². The van der Waals surface area contributed by atoms with E-state index in [0.29, 0.717) is 28.4 Å². The summed E-state index contributed by atoms with van der Waals surface area (Å²) in [6.07, 6.45) is 1.62. The highest BCUT2D eigenvalue weighted by Gasteiger charge is 2.32. The van der Waals surface area contributed by atoms with Gasteiger partial charge in [-0.15, -0.1) is 0 Å². The maximum Gasteiger partial charge on any atom is 0.261 e. The molecule has 22 heavy (non-hydrogen) atoms. The molecule has 0 aromatic heterocycles. The van der Waals surface area contributed by atoms with Gasteiger partial charge in [-0.25, -0.2) is 0 Å². The fraction of sp³-hybridized carbons (Fsp3) is 0.250. The first-order valence-electron chi connectivity index (χ1n) is 7.07. The minimum Gasteiger partial charge on any atom is -0.768 e. The zero-order valence-electron chi connectivity index (χ0n) is 12.0. The first kappa shape index (κ1) is 14.9. The lowest BCUT2D eigenvalue weighted by atomic mass is 9.94. The zero-order chi connectivity index (χ0) is 15.9. The Morgan fingerprint density at radius 1 is 1.09 bits per heavy atom. The Labute approximate surface area is 130 Å². The highest BCUT2D eigenvalue weighted by atomic mass is 32.2. The topological polar surface area (TPSA) is 77.5 Å². The maximum absolute atomic E-state index is 12.6. The normalized spacial score (nSPS) is 15.5. The number of hydrogen-bond donors (Lipinski definition) is 0. The van der Waals surface area contributed by atoms with E-state index in [2.05, 4.69) is 0 Å². The summed E-state index contributed by atoms with van der Waals surface area (Å²) in [6.45, 7) is 2.36. The molecule has 1 aliphatic heterocycles. The molecule has 1 heterocycles. The van der Waals surface area contributed by atoms with Crippen LogP contribution in [-0.4, -0.2) is 32.0 Å². The number of amides is 2. The molecule has 1 aliphatic rings. The summed E-state index contributed by atoms with van der Waals surface area (Å²) in [7, 11) is 0. The molecule has 2 aromatic rings. The van der Waals surface area contributed by atoms with Crippen LogP contribution in [0.1, 0.15) is 40.5 Å². The lowest BCUT2D eigenvalue weighted by Crippen LogP contribution is -2.40. The molecule has 3 rings (SSSR count). The number of nitrogens with zero attached hydrogens (tertiary/aromatic N) is 1. The van der Waals surface area contributed by atoms with Crippen molar-refractivity contribution in [1.82, 2.24) is 4.90 Å². The molecule has 0 aliphatic carbocycles. The van der Waals surface area contributed by atoms with Crippen LogP contribution in [0.25, 0.3) is 10.8 Å². The quantitative estimate of drug-likeness (QED) is 0.641. The predicted molar refractivity (Wildman–Crippen MR) is 81.4 cm³/mol. The molecule has 6 heteroatoms. The number of unbranched alkanes of at least 4 members (excludes halogenated alkanes) is 1. The Hall–Kier alpha value is -2.05.